The van der Waals surface area contributed by atoms with Crippen molar-refractivity contribution in [2.75, 3.05) is 19.0 Å². The van der Waals surface area contributed by atoms with Gasteiger partial charge in [-0.2, -0.15) is 0 Å². The molecule has 88 valence electrons. The van der Waals surface area contributed by atoms with Crippen LogP contribution in [0.15, 0.2) is 18.3 Å². The number of aromatic nitrogens is 1. The van der Waals surface area contributed by atoms with Crippen molar-refractivity contribution in [2.24, 2.45) is 0 Å². The van der Waals surface area contributed by atoms with E-state index in [1.165, 1.54) is 0 Å². The largest absolute Gasteiger partial charge is 0.362 e. The van der Waals surface area contributed by atoms with E-state index in [0.29, 0.717) is 11.4 Å². The molecule has 0 saturated carbocycles. The molecule has 1 aromatic heterocycles. The lowest BCUT2D eigenvalue weighted by Crippen LogP contribution is -2.33. The Balaban J connectivity index is 2.90. The van der Waals surface area contributed by atoms with E-state index in [1.54, 1.807) is 18.3 Å². The molecule has 0 fully saturated rings. The maximum atomic E-state index is 12.0. The van der Waals surface area contributed by atoms with Gasteiger partial charge in [-0.3, -0.25) is 4.79 Å². The molecule has 0 aliphatic rings. The molecule has 0 aliphatic carbocycles. The number of pyridine rings is 1. The van der Waals surface area contributed by atoms with Crippen LogP contribution >= 0.6 is 0 Å². The Kier molecular flexibility index (Phi) is 4.28. The van der Waals surface area contributed by atoms with Gasteiger partial charge in [-0.15, -0.1) is 0 Å². The standard InChI is InChI=1S/C12H19N3O/c1-5-9(2)14-12(16)10-7-6-8-13-11(10)15(3)4/h6-9H,5H2,1-4H3,(H,14,16). The van der Waals surface area contributed by atoms with Crippen molar-refractivity contribution >= 4 is 11.7 Å². The highest BCUT2D eigenvalue weighted by molar-refractivity contribution is 5.98. The number of amides is 1. The molecular formula is C12H19N3O. The minimum atomic E-state index is -0.0637. The molecule has 1 amide bonds. The number of hydrogen-bond acceptors (Lipinski definition) is 3. The van der Waals surface area contributed by atoms with Crippen molar-refractivity contribution in [3.8, 4) is 0 Å². The zero-order chi connectivity index (χ0) is 12.1. The fraction of sp³-hybridized carbons (Fsp3) is 0.500. The molecule has 1 unspecified atom stereocenters. The van der Waals surface area contributed by atoms with Crippen molar-refractivity contribution in [2.45, 2.75) is 26.3 Å². The minimum absolute atomic E-state index is 0.0637. The van der Waals surface area contributed by atoms with Gasteiger partial charge in [0.25, 0.3) is 5.91 Å². The van der Waals surface area contributed by atoms with Gasteiger partial charge in [0.15, 0.2) is 0 Å². The van der Waals surface area contributed by atoms with E-state index in [-0.39, 0.29) is 11.9 Å². The summed E-state index contributed by atoms with van der Waals surface area (Å²) in [6, 6.07) is 3.75. The van der Waals surface area contributed by atoms with Gasteiger partial charge in [0.2, 0.25) is 0 Å². The first kappa shape index (κ1) is 12.5. The lowest BCUT2D eigenvalue weighted by Gasteiger charge is -2.17. The normalized spacial score (nSPS) is 12.0. The highest BCUT2D eigenvalue weighted by Crippen LogP contribution is 2.14. The lowest BCUT2D eigenvalue weighted by atomic mass is 10.2. The second kappa shape index (κ2) is 5.49. The van der Waals surface area contributed by atoms with Crippen molar-refractivity contribution in [3.63, 3.8) is 0 Å². The molecule has 0 bridgehead atoms. The highest BCUT2D eigenvalue weighted by atomic mass is 16.1. The summed E-state index contributed by atoms with van der Waals surface area (Å²) in [6.07, 6.45) is 2.61. The molecule has 0 aromatic carbocycles. The maximum absolute atomic E-state index is 12.0. The predicted molar refractivity (Wildman–Crippen MR) is 65.8 cm³/mol. The second-order valence-corrected chi connectivity index (χ2v) is 4.05. The Morgan fingerprint density at radius 2 is 2.25 bits per heavy atom. The third-order valence-corrected chi connectivity index (χ3v) is 2.44. The van der Waals surface area contributed by atoms with E-state index in [0.717, 1.165) is 6.42 Å². The van der Waals surface area contributed by atoms with Crippen LogP contribution in [0.4, 0.5) is 5.82 Å². The summed E-state index contributed by atoms with van der Waals surface area (Å²) in [4.78, 5) is 18.0. The van der Waals surface area contributed by atoms with Crippen LogP contribution in [-0.2, 0) is 0 Å². The molecule has 16 heavy (non-hydrogen) atoms. The van der Waals surface area contributed by atoms with Crippen LogP contribution in [0.5, 0.6) is 0 Å². The molecule has 1 rings (SSSR count). The quantitative estimate of drug-likeness (QED) is 0.841. The van der Waals surface area contributed by atoms with E-state index in [4.69, 9.17) is 0 Å². The van der Waals surface area contributed by atoms with E-state index in [9.17, 15) is 4.79 Å². The number of carbonyl (C=O) groups is 1. The fourth-order valence-electron chi connectivity index (χ4n) is 1.33. The molecule has 0 saturated heterocycles. The Labute approximate surface area is 96.7 Å². The summed E-state index contributed by atoms with van der Waals surface area (Å²) in [5.74, 6) is 0.634. The number of carbonyl (C=O) groups excluding carboxylic acids is 1. The predicted octanol–water partition coefficient (Wildman–Crippen LogP) is 1.68. The molecule has 1 N–H and O–H groups in total. The molecule has 0 aliphatic heterocycles. The summed E-state index contributed by atoms with van der Waals surface area (Å²) in [6.45, 7) is 4.03. The zero-order valence-corrected chi connectivity index (χ0v) is 10.3. The Hall–Kier alpha value is -1.58. The van der Waals surface area contributed by atoms with Crippen LogP contribution in [-0.4, -0.2) is 31.0 Å². The van der Waals surface area contributed by atoms with Gasteiger partial charge in [-0.1, -0.05) is 6.92 Å². The van der Waals surface area contributed by atoms with Gasteiger partial charge in [0.05, 0.1) is 5.56 Å². The summed E-state index contributed by atoms with van der Waals surface area (Å²) < 4.78 is 0. The first-order valence-electron chi connectivity index (χ1n) is 5.49. The van der Waals surface area contributed by atoms with Crippen molar-refractivity contribution in [3.05, 3.63) is 23.9 Å². The van der Waals surface area contributed by atoms with Crippen LogP contribution in [0.1, 0.15) is 30.6 Å². The maximum Gasteiger partial charge on any atom is 0.255 e. The third kappa shape index (κ3) is 2.95. The molecule has 0 spiro atoms. The van der Waals surface area contributed by atoms with E-state index < -0.39 is 0 Å². The van der Waals surface area contributed by atoms with Gasteiger partial charge in [0.1, 0.15) is 5.82 Å². The average molecular weight is 221 g/mol. The van der Waals surface area contributed by atoms with E-state index in [2.05, 4.69) is 10.3 Å². The second-order valence-electron chi connectivity index (χ2n) is 4.05. The third-order valence-electron chi connectivity index (χ3n) is 2.44. The number of anilines is 1. The number of nitrogens with zero attached hydrogens (tertiary/aromatic N) is 2. The monoisotopic (exact) mass is 221 g/mol. The fourth-order valence-corrected chi connectivity index (χ4v) is 1.33. The minimum Gasteiger partial charge on any atom is -0.362 e. The van der Waals surface area contributed by atoms with Gasteiger partial charge in [-0.25, -0.2) is 4.98 Å². The number of hydrogen-bond donors (Lipinski definition) is 1. The van der Waals surface area contributed by atoms with E-state index in [1.807, 2.05) is 32.8 Å². The van der Waals surface area contributed by atoms with Crippen molar-refractivity contribution in [1.29, 1.82) is 0 Å². The average Bonchev–Trinajstić information content (AvgIpc) is 2.28. The summed E-state index contributed by atoms with van der Waals surface area (Å²) in [5.41, 5.74) is 0.618. The smallest absolute Gasteiger partial charge is 0.255 e. The molecule has 1 heterocycles. The number of nitrogens with one attached hydrogen (secondary N) is 1. The molecule has 4 nitrogen and oxygen atoms in total. The van der Waals surface area contributed by atoms with Crippen LogP contribution in [0.25, 0.3) is 0 Å². The topological polar surface area (TPSA) is 45.2 Å². The van der Waals surface area contributed by atoms with Gasteiger partial charge in [0, 0.05) is 26.3 Å². The highest BCUT2D eigenvalue weighted by Gasteiger charge is 2.14. The molecule has 1 aromatic rings. The summed E-state index contributed by atoms with van der Waals surface area (Å²) in [7, 11) is 3.75. The molecule has 1 atom stereocenters. The molecule has 0 radical (unpaired) electrons. The molecule has 4 heteroatoms. The van der Waals surface area contributed by atoms with Crippen LogP contribution < -0.4 is 10.2 Å². The van der Waals surface area contributed by atoms with Crippen molar-refractivity contribution in [1.82, 2.24) is 10.3 Å². The zero-order valence-electron chi connectivity index (χ0n) is 10.3. The summed E-state index contributed by atoms with van der Waals surface area (Å²) >= 11 is 0. The molecular weight excluding hydrogens is 202 g/mol. The van der Waals surface area contributed by atoms with Gasteiger partial charge in [-0.05, 0) is 25.5 Å². The Morgan fingerprint density at radius 3 is 2.81 bits per heavy atom. The number of rotatable bonds is 4. The van der Waals surface area contributed by atoms with Crippen LogP contribution in [0.3, 0.4) is 0 Å². The van der Waals surface area contributed by atoms with Crippen LogP contribution in [0, 0.1) is 0 Å². The Morgan fingerprint density at radius 1 is 1.56 bits per heavy atom. The van der Waals surface area contributed by atoms with Crippen molar-refractivity contribution < 1.29 is 4.79 Å². The lowest BCUT2D eigenvalue weighted by molar-refractivity contribution is 0.0939. The first-order chi connectivity index (χ1) is 7.56. The van der Waals surface area contributed by atoms with Crippen LogP contribution in [0.2, 0.25) is 0 Å². The van der Waals surface area contributed by atoms with E-state index >= 15 is 0 Å². The first-order valence-corrected chi connectivity index (χ1v) is 5.49. The Bertz CT molecular complexity index is 363. The SMILES string of the molecule is CCC(C)NC(=O)c1cccnc1N(C)C. The van der Waals surface area contributed by atoms with Gasteiger partial charge < -0.3 is 10.2 Å². The van der Waals surface area contributed by atoms with Gasteiger partial charge >= 0.3 is 0 Å². The summed E-state index contributed by atoms with van der Waals surface area (Å²) in [5, 5.41) is 2.94.